The van der Waals surface area contributed by atoms with E-state index < -0.39 is 23.7 Å². The minimum atomic E-state index is -0.942. The summed E-state index contributed by atoms with van der Waals surface area (Å²) in [5.74, 6) is -0.957. The molecule has 2 rings (SSSR count). The van der Waals surface area contributed by atoms with Gasteiger partial charge in [0, 0.05) is 6.54 Å². The third-order valence-electron chi connectivity index (χ3n) is 4.29. The Morgan fingerprint density at radius 3 is 2.50 bits per heavy atom. The molecular formula is C19H27NO4. The van der Waals surface area contributed by atoms with Gasteiger partial charge in [0.25, 0.3) is 0 Å². The number of aliphatic carboxylic acids is 1. The predicted octanol–water partition coefficient (Wildman–Crippen LogP) is 3.72. The largest absolute Gasteiger partial charge is 0.480 e. The lowest BCUT2D eigenvalue weighted by atomic mass is 9.93. The van der Waals surface area contributed by atoms with Crippen molar-refractivity contribution < 1.29 is 19.4 Å². The molecule has 0 unspecified atom stereocenters. The molecule has 1 fully saturated rings. The van der Waals surface area contributed by atoms with Gasteiger partial charge in [-0.3, -0.25) is 4.90 Å². The van der Waals surface area contributed by atoms with Crippen LogP contribution in [0.5, 0.6) is 0 Å². The molecule has 24 heavy (non-hydrogen) atoms. The number of ether oxygens (including phenoxy) is 1. The summed E-state index contributed by atoms with van der Waals surface area (Å²) in [5.41, 5.74) is 0.636. The van der Waals surface area contributed by atoms with Crippen LogP contribution in [0.15, 0.2) is 30.3 Å². The Kier molecular flexibility index (Phi) is 5.86. The number of carbonyl (C=O) groups excluding carboxylic acids is 1. The lowest BCUT2D eigenvalue weighted by molar-refractivity contribution is -0.143. The smallest absolute Gasteiger partial charge is 0.411 e. The number of aryl methyl sites for hydroxylation is 1. The number of carboxylic acids is 1. The SMILES string of the molecule is CC(C)(C)OC(=O)N1CC[C@@H](CCCc2ccccc2)[C@H]1C(=O)O. The topological polar surface area (TPSA) is 66.8 Å². The van der Waals surface area contributed by atoms with Gasteiger partial charge in [-0.2, -0.15) is 0 Å². The maximum absolute atomic E-state index is 12.3. The molecule has 1 amide bonds. The Hall–Kier alpha value is -2.04. The van der Waals surface area contributed by atoms with E-state index in [2.05, 4.69) is 12.1 Å². The Bertz CT molecular complexity index is 564. The van der Waals surface area contributed by atoms with Gasteiger partial charge in [-0.1, -0.05) is 30.3 Å². The fourth-order valence-corrected chi connectivity index (χ4v) is 3.23. The minimum Gasteiger partial charge on any atom is -0.480 e. The van der Waals surface area contributed by atoms with Crippen molar-refractivity contribution >= 4 is 12.1 Å². The quantitative estimate of drug-likeness (QED) is 0.892. The molecule has 1 saturated heterocycles. The fraction of sp³-hybridized carbons (Fsp3) is 0.579. The third-order valence-corrected chi connectivity index (χ3v) is 4.29. The van der Waals surface area contributed by atoms with Crippen LogP contribution in [0.25, 0.3) is 0 Å². The van der Waals surface area contributed by atoms with Gasteiger partial charge >= 0.3 is 12.1 Å². The number of hydrogen-bond donors (Lipinski definition) is 1. The zero-order chi connectivity index (χ0) is 17.7. The van der Waals surface area contributed by atoms with Crippen molar-refractivity contribution in [2.24, 2.45) is 5.92 Å². The first kappa shape index (κ1) is 18.3. The number of amides is 1. The molecule has 132 valence electrons. The molecule has 2 atom stereocenters. The van der Waals surface area contributed by atoms with Gasteiger partial charge in [0.2, 0.25) is 0 Å². The zero-order valence-electron chi connectivity index (χ0n) is 14.7. The van der Waals surface area contributed by atoms with Crippen molar-refractivity contribution in [3.63, 3.8) is 0 Å². The fourth-order valence-electron chi connectivity index (χ4n) is 3.23. The Balaban J connectivity index is 1.93. The van der Waals surface area contributed by atoms with Gasteiger partial charge in [0.1, 0.15) is 11.6 Å². The van der Waals surface area contributed by atoms with E-state index in [-0.39, 0.29) is 5.92 Å². The second-order valence-corrected chi connectivity index (χ2v) is 7.38. The highest BCUT2D eigenvalue weighted by Crippen LogP contribution is 2.30. The highest BCUT2D eigenvalue weighted by atomic mass is 16.6. The van der Waals surface area contributed by atoms with Crippen LogP contribution in [-0.4, -0.2) is 40.3 Å². The molecule has 5 heteroatoms. The molecule has 5 nitrogen and oxygen atoms in total. The minimum absolute atomic E-state index is 0.0151. The van der Waals surface area contributed by atoms with Crippen LogP contribution in [0.4, 0.5) is 4.79 Å². The molecule has 0 spiro atoms. The molecule has 1 aliphatic heterocycles. The molecule has 1 heterocycles. The second kappa shape index (κ2) is 7.69. The second-order valence-electron chi connectivity index (χ2n) is 7.38. The number of nitrogens with zero attached hydrogens (tertiary/aromatic N) is 1. The molecule has 1 N–H and O–H groups in total. The van der Waals surface area contributed by atoms with E-state index in [0.29, 0.717) is 13.0 Å². The van der Waals surface area contributed by atoms with E-state index >= 15 is 0 Å². The van der Waals surface area contributed by atoms with Crippen molar-refractivity contribution in [1.29, 1.82) is 0 Å². The number of benzene rings is 1. The van der Waals surface area contributed by atoms with Crippen molar-refractivity contribution in [1.82, 2.24) is 4.90 Å². The van der Waals surface area contributed by atoms with E-state index in [0.717, 1.165) is 19.3 Å². The summed E-state index contributed by atoms with van der Waals surface area (Å²) in [5, 5.41) is 9.57. The average Bonchev–Trinajstić information content (AvgIpc) is 2.91. The number of carboxylic acid groups (broad SMARTS) is 1. The molecule has 0 aliphatic carbocycles. The van der Waals surface area contributed by atoms with Gasteiger partial charge in [0.15, 0.2) is 0 Å². The van der Waals surface area contributed by atoms with Crippen LogP contribution in [0.2, 0.25) is 0 Å². The Morgan fingerprint density at radius 2 is 1.92 bits per heavy atom. The summed E-state index contributed by atoms with van der Waals surface area (Å²) < 4.78 is 5.35. The maximum Gasteiger partial charge on any atom is 0.411 e. The molecule has 0 aromatic heterocycles. The molecule has 0 radical (unpaired) electrons. The van der Waals surface area contributed by atoms with Crippen LogP contribution in [0.1, 0.15) is 45.6 Å². The van der Waals surface area contributed by atoms with Gasteiger partial charge in [-0.05, 0) is 57.9 Å². The summed E-state index contributed by atoms with van der Waals surface area (Å²) in [6, 6.07) is 9.38. The number of rotatable bonds is 5. The van der Waals surface area contributed by atoms with Gasteiger partial charge < -0.3 is 9.84 Å². The van der Waals surface area contributed by atoms with Crippen LogP contribution in [0.3, 0.4) is 0 Å². The van der Waals surface area contributed by atoms with Crippen molar-refractivity contribution in [2.45, 2.75) is 58.1 Å². The molecule has 1 aromatic carbocycles. The third kappa shape index (κ3) is 4.98. The van der Waals surface area contributed by atoms with Crippen molar-refractivity contribution in [3.8, 4) is 0 Å². The Morgan fingerprint density at radius 1 is 1.25 bits per heavy atom. The monoisotopic (exact) mass is 333 g/mol. The summed E-state index contributed by atoms with van der Waals surface area (Å²) in [6.07, 6.45) is 2.83. The first-order chi connectivity index (χ1) is 11.3. The molecule has 0 saturated carbocycles. The lowest BCUT2D eigenvalue weighted by Crippen LogP contribution is -2.45. The number of carbonyl (C=O) groups is 2. The van der Waals surface area contributed by atoms with Crippen LogP contribution >= 0.6 is 0 Å². The zero-order valence-corrected chi connectivity index (χ0v) is 14.7. The standard InChI is InChI=1S/C19H27NO4/c1-19(2,3)24-18(23)20-13-12-15(16(20)17(21)22)11-7-10-14-8-5-4-6-9-14/h4-6,8-9,15-16H,7,10-13H2,1-3H3,(H,21,22)/t15-,16+/m1/s1. The lowest BCUT2D eigenvalue weighted by Gasteiger charge is -2.28. The molecular weight excluding hydrogens is 306 g/mol. The summed E-state index contributed by atoms with van der Waals surface area (Å²) in [7, 11) is 0. The number of likely N-dealkylation sites (tertiary alicyclic amines) is 1. The first-order valence-corrected chi connectivity index (χ1v) is 8.54. The normalized spacial score (nSPS) is 20.9. The van der Waals surface area contributed by atoms with Gasteiger partial charge in [-0.25, -0.2) is 9.59 Å². The van der Waals surface area contributed by atoms with Crippen molar-refractivity contribution in [2.75, 3.05) is 6.54 Å². The summed E-state index contributed by atoms with van der Waals surface area (Å²) in [6.45, 7) is 5.80. The van der Waals surface area contributed by atoms with Gasteiger partial charge in [-0.15, -0.1) is 0 Å². The molecule has 1 aliphatic rings. The average molecular weight is 333 g/mol. The van der Waals surface area contributed by atoms with Gasteiger partial charge in [0.05, 0.1) is 0 Å². The molecule has 0 bridgehead atoms. The van der Waals surface area contributed by atoms with Crippen molar-refractivity contribution in [3.05, 3.63) is 35.9 Å². The Labute approximate surface area is 143 Å². The van der Waals surface area contributed by atoms with E-state index in [9.17, 15) is 14.7 Å². The van der Waals surface area contributed by atoms with E-state index in [1.807, 2.05) is 18.2 Å². The van der Waals surface area contributed by atoms with Crippen LogP contribution in [-0.2, 0) is 16.0 Å². The number of hydrogen-bond acceptors (Lipinski definition) is 3. The predicted molar refractivity (Wildman–Crippen MR) is 91.9 cm³/mol. The maximum atomic E-state index is 12.3. The highest BCUT2D eigenvalue weighted by Gasteiger charge is 2.43. The van der Waals surface area contributed by atoms with E-state index in [1.54, 1.807) is 20.8 Å². The summed E-state index contributed by atoms with van der Waals surface area (Å²) >= 11 is 0. The van der Waals surface area contributed by atoms with Crippen LogP contribution in [0, 0.1) is 5.92 Å². The van der Waals surface area contributed by atoms with Crippen LogP contribution < -0.4 is 0 Å². The van der Waals surface area contributed by atoms with E-state index in [1.165, 1.54) is 10.5 Å². The highest BCUT2D eigenvalue weighted by molar-refractivity contribution is 5.81. The van der Waals surface area contributed by atoms with E-state index in [4.69, 9.17) is 4.74 Å². The molecule has 1 aromatic rings. The first-order valence-electron chi connectivity index (χ1n) is 8.54. The summed E-state index contributed by atoms with van der Waals surface area (Å²) in [4.78, 5) is 25.3.